The summed E-state index contributed by atoms with van der Waals surface area (Å²) < 4.78 is 5.26. The number of nitrogens with zero attached hydrogens (tertiary/aromatic N) is 1. The van der Waals surface area contributed by atoms with Crippen LogP contribution in [0, 0.1) is 10.1 Å². The van der Waals surface area contributed by atoms with E-state index in [0.29, 0.717) is 0 Å². The molecular formula is C15H12ClN3O5. The van der Waals surface area contributed by atoms with Crippen LogP contribution < -0.4 is 15.8 Å². The molecule has 0 atom stereocenters. The maximum atomic E-state index is 11.9. The number of primary amides is 1. The van der Waals surface area contributed by atoms with E-state index in [-0.39, 0.29) is 27.7 Å². The second kappa shape index (κ2) is 7.42. The Labute approximate surface area is 141 Å². The molecule has 0 unspecified atom stereocenters. The second-order valence-corrected chi connectivity index (χ2v) is 5.03. The van der Waals surface area contributed by atoms with E-state index >= 15 is 0 Å². The molecule has 2 aromatic carbocycles. The lowest BCUT2D eigenvalue weighted by Crippen LogP contribution is -2.22. The van der Waals surface area contributed by atoms with Crippen LogP contribution >= 0.6 is 11.6 Å². The number of nitrogens with two attached hydrogens (primary N) is 1. The molecule has 0 aliphatic rings. The quantitative estimate of drug-likeness (QED) is 0.611. The van der Waals surface area contributed by atoms with Crippen LogP contribution in [0.15, 0.2) is 42.5 Å². The number of rotatable bonds is 6. The minimum absolute atomic E-state index is 0.0858. The number of nitro groups is 1. The monoisotopic (exact) mass is 349 g/mol. The number of ether oxygens (including phenoxy) is 1. The number of benzene rings is 2. The van der Waals surface area contributed by atoms with Crippen molar-refractivity contribution in [1.82, 2.24) is 0 Å². The van der Waals surface area contributed by atoms with E-state index < -0.39 is 23.3 Å². The SMILES string of the molecule is NC(=O)c1ccccc1OCC(=O)Nc1cc([N+](=O)[O-])ccc1Cl. The fraction of sp³-hybridized carbons (Fsp3) is 0.0667. The van der Waals surface area contributed by atoms with Crippen molar-refractivity contribution >= 4 is 34.8 Å². The summed E-state index contributed by atoms with van der Waals surface area (Å²) >= 11 is 5.89. The third-order valence-corrected chi connectivity index (χ3v) is 3.28. The molecule has 2 rings (SSSR count). The maximum absolute atomic E-state index is 11.9. The lowest BCUT2D eigenvalue weighted by Gasteiger charge is -2.10. The molecular weight excluding hydrogens is 338 g/mol. The van der Waals surface area contributed by atoms with Gasteiger partial charge in [0.15, 0.2) is 6.61 Å². The van der Waals surface area contributed by atoms with Gasteiger partial charge in [-0.15, -0.1) is 0 Å². The highest BCUT2D eigenvalue weighted by Crippen LogP contribution is 2.26. The van der Waals surface area contributed by atoms with Crippen molar-refractivity contribution in [1.29, 1.82) is 0 Å². The molecule has 124 valence electrons. The number of hydrogen-bond acceptors (Lipinski definition) is 5. The van der Waals surface area contributed by atoms with Crippen molar-refractivity contribution in [3.8, 4) is 5.75 Å². The summed E-state index contributed by atoms with van der Waals surface area (Å²) in [5.41, 5.74) is 5.22. The first kappa shape index (κ1) is 17.2. The summed E-state index contributed by atoms with van der Waals surface area (Å²) in [7, 11) is 0. The number of anilines is 1. The highest BCUT2D eigenvalue weighted by atomic mass is 35.5. The van der Waals surface area contributed by atoms with Crippen molar-refractivity contribution in [3.05, 3.63) is 63.2 Å². The first-order valence-electron chi connectivity index (χ1n) is 6.64. The maximum Gasteiger partial charge on any atom is 0.271 e. The molecule has 0 aliphatic heterocycles. The van der Waals surface area contributed by atoms with Gasteiger partial charge in [0.05, 0.1) is 21.2 Å². The predicted molar refractivity (Wildman–Crippen MR) is 87.2 cm³/mol. The number of non-ortho nitro benzene ring substituents is 1. The van der Waals surface area contributed by atoms with Crippen molar-refractivity contribution in [2.45, 2.75) is 0 Å². The topological polar surface area (TPSA) is 125 Å². The van der Waals surface area contributed by atoms with E-state index in [4.69, 9.17) is 22.1 Å². The van der Waals surface area contributed by atoms with Crippen LogP contribution in [0.25, 0.3) is 0 Å². The van der Waals surface area contributed by atoms with Crippen LogP contribution in [0.4, 0.5) is 11.4 Å². The lowest BCUT2D eigenvalue weighted by molar-refractivity contribution is -0.384. The minimum Gasteiger partial charge on any atom is -0.483 e. The lowest BCUT2D eigenvalue weighted by atomic mass is 10.2. The molecule has 2 aromatic rings. The van der Waals surface area contributed by atoms with Gasteiger partial charge in [-0.1, -0.05) is 23.7 Å². The van der Waals surface area contributed by atoms with Crippen LogP contribution in [-0.4, -0.2) is 23.3 Å². The second-order valence-electron chi connectivity index (χ2n) is 4.62. The first-order chi connectivity index (χ1) is 11.4. The smallest absolute Gasteiger partial charge is 0.271 e. The molecule has 0 saturated heterocycles. The number of nitro benzene ring substituents is 1. The molecule has 0 saturated carbocycles. The summed E-state index contributed by atoms with van der Waals surface area (Å²) in [4.78, 5) is 33.3. The Morgan fingerprint density at radius 1 is 1.25 bits per heavy atom. The van der Waals surface area contributed by atoms with Gasteiger partial charge in [-0.05, 0) is 18.2 Å². The van der Waals surface area contributed by atoms with E-state index in [0.717, 1.165) is 6.07 Å². The number of amides is 2. The number of carbonyl (C=O) groups is 2. The third kappa shape index (κ3) is 4.20. The van der Waals surface area contributed by atoms with Crippen LogP contribution in [0.5, 0.6) is 5.75 Å². The van der Waals surface area contributed by atoms with Gasteiger partial charge < -0.3 is 15.8 Å². The van der Waals surface area contributed by atoms with E-state index in [9.17, 15) is 19.7 Å². The van der Waals surface area contributed by atoms with Gasteiger partial charge >= 0.3 is 0 Å². The number of halogens is 1. The zero-order valence-electron chi connectivity index (χ0n) is 12.2. The molecule has 8 nitrogen and oxygen atoms in total. The Morgan fingerprint density at radius 2 is 1.96 bits per heavy atom. The number of hydrogen-bond donors (Lipinski definition) is 2. The van der Waals surface area contributed by atoms with Crippen LogP contribution in [0.1, 0.15) is 10.4 Å². The Hall–Kier alpha value is -3.13. The van der Waals surface area contributed by atoms with E-state index in [1.54, 1.807) is 12.1 Å². The average molecular weight is 350 g/mol. The molecule has 3 N–H and O–H groups in total. The number of nitrogens with one attached hydrogen (secondary N) is 1. The Morgan fingerprint density at radius 3 is 2.62 bits per heavy atom. The summed E-state index contributed by atoms with van der Waals surface area (Å²) in [5.74, 6) is -1.13. The summed E-state index contributed by atoms with van der Waals surface area (Å²) in [5, 5.41) is 13.3. The van der Waals surface area contributed by atoms with Gasteiger partial charge in [0.1, 0.15) is 5.75 Å². The Balaban J connectivity index is 2.06. The summed E-state index contributed by atoms with van der Waals surface area (Å²) in [6, 6.07) is 9.85. The Bertz CT molecular complexity index is 809. The first-order valence-corrected chi connectivity index (χ1v) is 7.01. The van der Waals surface area contributed by atoms with Gasteiger partial charge in [0.2, 0.25) is 0 Å². The van der Waals surface area contributed by atoms with Crippen LogP contribution in [0.2, 0.25) is 5.02 Å². The molecule has 0 bridgehead atoms. The fourth-order valence-corrected chi connectivity index (χ4v) is 2.01. The van der Waals surface area contributed by atoms with Gasteiger partial charge in [-0.3, -0.25) is 19.7 Å². The van der Waals surface area contributed by atoms with Crippen molar-refractivity contribution in [2.24, 2.45) is 5.73 Å². The normalized spacial score (nSPS) is 10.0. The minimum atomic E-state index is -0.687. The van der Waals surface area contributed by atoms with Crippen molar-refractivity contribution in [3.63, 3.8) is 0 Å². The summed E-state index contributed by atoms with van der Waals surface area (Å²) in [6.07, 6.45) is 0. The standard InChI is InChI=1S/C15H12ClN3O5/c16-11-6-5-9(19(22)23)7-12(11)18-14(20)8-24-13-4-2-1-3-10(13)15(17)21/h1-7H,8H2,(H2,17,21)(H,18,20). The van der Waals surface area contributed by atoms with Gasteiger partial charge in [-0.2, -0.15) is 0 Å². The van der Waals surface area contributed by atoms with E-state index in [1.807, 2.05) is 0 Å². The predicted octanol–water partition coefficient (Wildman–Crippen LogP) is 2.36. The number of carbonyl (C=O) groups excluding carboxylic acids is 2. The molecule has 0 fully saturated rings. The van der Waals surface area contributed by atoms with E-state index in [1.165, 1.54) is 24.3 Å². The largest absolute Gasteiger partial charge is 0.483 e. The van der Waals surface area contributed by atoms with Gasteiger partial charge in [-0.25, -0.2) is 0 Å². The zero-order valence-corrected chi connectivity index (χ0v) is 12.9. The van der Waals surface area contributed by atoms with Crippen molar-refractivity contribution in [2.75, 3.05) is 11.9 Å². The molecule has 2 amide bonds. The zero-order chi connectivity index (χ0) is 17.7. The van der Waals surface area contributed by atoms with Crippen molar-refractivity contribution < 1.29 is 19.2 Å². The highest BCUT2D eigenvalue weighted by Gasteiger charge is 2.14. The molecule has 0 heterocycles. The van der Waals surface area contributed by atoms with Crippen LogP contribution in [-0.2, 0) is 4.79 Å². The third-order valence-electron chi connectivity index (χ3n) is 2.95. The van der Waals surface area contributed by atoms with Crippen LogP contribution in [0.3, 0.4) is 0 Å². The molecule has 0 aliphatic carbocycles. The Kier molecular flexibility index (Phi) is 5.33. The molecule has 0 radical (unpaired) electrons. The number of para-hydroxylation sites is 1. The molecule has 9 heteroatoms. The van der Waals surface area contributed by atoms with E-state index in [2.05, 4.69) is 5.32 Å². The molecule has 24 heavy (non-hydrogen) atoms. The van der Waals surface area contributed by atoms with Gasteiger partial charge in [0.25, 0.3) is 17.5 Å². The summed E-state index contributed by atoms with van der Waals surface area (Å²) in [6.45, 7) is -0.427. The highest BCUT2D eigenvalue weighted by molar-refractivity contribution is 6.33. The fourth-order valence-electron chi connectivity index (χ4n) is 1.85. The van der Waals surface area contributed by atoms with Gasteiger partial charge in [0, 0.05) is 12.1 Å². The average Bonchev–Trinajstić information content (AvgIpc) is 2.55. The molecule has 0 spiro atoms. The molecule has 0 aromatic heterocycles.